The van der Waals surface area contributed by atoms with Gasteiger partial charge in [-0.05, 0) is 55.8 Å². The molecule has 132 valence electrons. The molecule has 0 bridgehead atoms. The Morgan fingerprint density at radius 1 is 1.08 bits per heavy atom. The summed E-state index contributed by atoms with van der Waals surface area (Å²) < 4.78 is 5.80. The van der Waals surface area contributed by atoms with Crippen molar-refractivity contribution in [2.24, 2.45) is 0 Å². The lowest BCUT2D eigenvalue weighted by atomic mass is 10.2. The van der Waals surface area contributed by atoms with E-state index in [4.69, 9.17) is 4.74 Å². The Labute approximate surface area is 148 Å². The van der Waals surface area contributed by atoms with Crippen LogP contribution in [0, 0.1) is 6.92 Å². The molecule has 1 heterocycles. The van der Waals surface area contributed by atoms with Crippen molar-refractivity contribution in [3.63, 3.8) is 0 Å². The van der Waals surface area contributed by atoms with Crippen molar-refractivity contribution in [2.45, 2.75) is 20.0 Å². The number of anilines is 1. The molecule has 1 saturated heterocycles. The molecule has 1 unspecified atom stereocenters. The van der Waals surface area contributed by atoms with E-state index in [1.54, 1.807) is 19.1 Å². The van der Waals surface area contributed by atoms with Crippen LogP contribution in [0.3, 0.4) is 0 Å². The SMILES string of the molecule is Cc1cccc(OC(C)C(=O)N2CCN(c3ccc(O)cc3)CC2)c1. The summed E-state index contributed by atoms with van der Waals surface area (Å²) in [6.45, 7) is 6.68. The third-order valence-electron chi connectivity index (χ3n) is 4.46. The first-order chi connectivity index (χ1) is 12.0. The van der Waals surface area contributed by atoms with Crippen LogP contribution in [0.15, 0.2) is 48.5 Å². The second-order valence-corrected chi connectivity index (χ2v) is 6.41. The van der Waals surface area contributed by atoms with Gasteiger partial charge in [0.1, 0.15) is 11.5 Å². The summed E-state index contributed by atoms with van der Waals surface area (Å²) in [5.41, 5.74) is 2.17. The molecule has 1 atom stereocenters. The lowest BCUT2D eigenvalue weighted by molar-refractivity contribution is -0.138. The number of aryl methyl sites for hydroxylation is 1. The van der Waals surface area contributed by atoms with Gasteiger partial charge in [-0.15, -0.1) is 0 Å². The smallest absolute Gasteiger partial charge is 0.263 e. The number of nitrogens with zero attached hydrogens (tertiary/aromatic N) is 2. The number of piperazine rings is 1. The molecule has 3 rings (SSSR count). The quantitative estimate of drug-likeness (QED) is 0.930. The van der Waals surface area contributed by atoms with Gasteiger partial charge in [-0.1, -0.05) is 12.1 Å². The van der Waals surface area contributed by atoms with Crippen molar-refractivity contribution < 1.29 is 14.6 Å². The number of ether oxygens (including phenoxy) is 1. The lowest BCUT2D eigenvalue weighted by Gasteiger charge is -2.37. The highest BCUT2D eigenvalue weighted by Gasteiger charge is 2.26. The Morgan fingerprint density at radius 2 is 1.76 bits per heavy atom. The molecule has 0 spiro atoms. The highest BCUT2D eigenvalue weighted by Crippen LogP contribution is 2.20. The second kappa shape index (κ2) is 7.47. The molecule has 5 nitrogen and oxygen atoms in total. The number of amides is 1. The minimum absolute atomic E-state index is 0.0202. The number of rotatable bonds is 4. The van der Waals surface area contributed by atoms with E-state index in [1.807, 2.05) is 48.2 Å². The number of carbonyl (C=O) groups is 1. The van der Waals surface area contributed by atoms with Gasteiger partial charge in [0.15, 0.2) is 6.10 Å². The molecule has 0 aromatic heterocycles. The first-order valence-electron chi connectivity index (χ1n) is 8.59. The predicted molar refractivity (Wildman–Crippen MR) is 98.2 cm³/mol. The maximum Gasteiger partial charge on any atom is 0.263 e. The van der Waals surface area contributed by atoms with Crippen molar-refractivity contribution in [3.8, 4) is 11.5 Å². The summed E-state index contributed by atoms with van der Waals surface area (Å²) in [4.78, 5) is 16.7. The van der Waals surface area contributed by atoms with Crippen LogP contribution in [0.25, 0.3) is 0 Å². The van der Waals surface area contributed by atoms with Crippen molar-refractivity contribution in [1.82, 2.24) is 4.90 Å². The van der Waals surface area contributed by atoms with Crippen molar-refractivity contribution in [3.05, 3.63) is 54.1 Å². The molecular formula is C20H24N2O3. The fraction of sp³-hybridized carbons (Fsp3) is 0.350. The molecule has 0 radical (unpaired) electrons. The summed E-state index contributed by atoms with van der Waals surface area (Å²) in [5.74, 6) is 1.01. The molecule has 1 aliphatic heterocycles. The largest absolute Gasteiger partial charge is 0.508 e. The van der Waals surface area contributed by atoms with E-state index >= 15 is 0 Å². The van der Waals surface area contributed by atoms with Gasteiger partial charge in [-0.2, -0.15) is 0 Å². The third kappa shape index (κ3) is 4.24. The number of hydrogen-bond acceptors (Lipinski definition) is 4. The van der Waals surface area contributed by atoms with Crippen LogP contribution in [-0.4, -0.2) is 48.2 Å². The van der Waals surface area contributed by atoms with E-state index in [1.165, 1.54) is 0 Å². The Kier molecular flexibility index (Phi) is 5.12. The Morgan fingerprint density at radius 3 is 2.40 bits per heavy atom. The fourth-order valence-electron chi connectivity index (χ4n) is 3.05. The van der Waals surface area contributed by atoms with E-state index in [2.05, 4.69) is 4.90 Å². The van der Waals surface area contributed by atoms with E-state index < -0.39 is 6.10 Å². The zero-order valence-electron chi connectivity index (χ0n) is 14.7. The van der Waals surface area contributed by atoms with Gasteiger partial charge in [0.25, 0.3) is 5.91 Å². The number of aromatic hydroxyl groups is 1. The summed E-state index contributed by atoms with van der Waals surface area (Å²) in [6, 6.07) is 14.9. The molecule has 2 aromatic carbocycles. The van der Waals surface area contributed by atoms with Crippen LogP contribution < -0.4 is 9.64 Å². The van der Waals surface area contributed by atoms with Gasteiger partial charge in [-0.3, -0.25) is 4.79 Å². The van der Waals surface area contributed by atoms with Crippen LogP contribution in [0.1, 0.15) is 12.5 Å². The summed E-state index contributed by atoms with van der Waals surface area (Å²) in [6.07, 6.45) is -0.498. The molecule has 1 aliphatic rings. The summed E-state index contributed by atoms with van der Waals surface area (Å²) in [7, 11) is 0. The second-order valence-electron chi connectivity index (χ2n) is 6.41. The van der Waals surface area contributed by atoms with Gasteiger partial charge in [-0.25, -0.2) is 0 Å². The number of phenolic OH excluding ortho intramolecular Hbond substituents is 1. The monoisotopic (exact) mass is 340 g/mol. The predicted octanol–water partition coefficient (Wildman–Crippen LogP) is 2.82. The Hall–Kier alpha value is -2.69. The van der Waals surface area contributed by atoms with E-state index in [0.29, 0.717) is 13.1 Å². The minimum atomic E-state index is -0.498. The van der Waals surface area contributed by atoms with E-state index in [-0.39, 0.29) is 11.7 Å². The molecule has 1 fully saturated rings. The van der Waals surface area contributed by atoms with Gasteiger partial charge < -0.3 is 19.6 Å². The number of benzene rings is 2. The molecule has 2 aromatic rings. The highest BCUT2D eigenvalue weighted by atomic mass is 16.5. The topological polar surface area (TPSA) is 53.0 Å². The maximum atomic E-state index is 12.6. The standard InChI is InChI=1S/C20H24N2O3/c1-15-4-3-5-19(14-15)25-16(2)20(24)22-12-10-21(11-13-22)17-6-8-18(23)9-7-17/h3-9,14,16,23H,10-13H2,1-2H3. The molecular weight excluding hydrogens is 316 g/mol. The number of carbonyl (C=O) groups excluding carboxylic acids is 1. The van der Waals surface area contributed by atoms with Gasteiger partial charge >= 0.3 is 0 Å². The van der Waals surface area contributed by atoms with Crippen LogP contribution in [0.4, 0.5) is 5.69 Å². The van der Waals surface area contributed by atoms with Crippen LogP contribution in [0.5, 0.6) is 11.5 Å². The molecule has 25 heavy (non-hydrogen) atoms. The molecule has 0 aliphatic carbocycles. The summed E-state index contributed by atoms with van der Waals surface area (Å²) in [5, 5.41) is 9.38. The average molecular weight is 340 g/mol. The molecule has 1 amide bonds. The normalized spacial score (nSPS) is 15.8. The average Bonchev–Trinajstić information content (AvgIpc) is 2.62. The number of hydrogen-bond donors (Lipinski definition) is 1. The molecule has 5 heteroatoms. The Balaban J connectivity index is 1.54. The lowest BCUT2D eigenvalue weighted by Crippen LogP contribution is -2.52. The van der Waals surface area contributed by atoms with Crippen LogP contribution in [-0.2, 0) is 4.79 Å². The number of phenols is 1. The first-order valence-corrected chi connectivity index (χ1v) is 8.59. The van der Waals surface area contributed by atoms with Crippen molar-refractivity contribution >= 4 is 11.6 Å². The first kappa shape index (κ1) is 17.1. The van der Waals surface area contributed by atoms with Gasteiger partial charge in [0.05, 0.1) is 0 Å². The maximum absolute atomic E-state index is 12.6. The van der Waals surface area contributed by atoms with Crippen LogP contribution in [0.2, 0.25) is 0 Å². The van der Waals surface area contributed by atoms with Gasteiger partial charge in [0, 0.05) is 31.9 Å². The van der Waals surface area contributed by atoms with Crippen LogP contribution >= 0.6 is 0 Å². The molecule has 1 N–H and O–H groups in total. The minimum Gasteiger partial charge on any atom is -0.508 e. The third-order valence-corrected chi connectivity index (χ3v) is 4.46. The fourth-order valence-corrected chi connectivity index (χ4v) is 3.05. The van der Waals surface area contributed by atoms with E-state index in [9.17, 15) is 9.90 Å². The zero-order chi connectivity index (χ0) is 17.8. The zero-order valence-corrected chi connectivity index (χ0v) is 14.7. The highest BCUT2D eigenvalue weighted by molar-refractivity contribution is 5.81. The van der Waals surface area contributed by atoms with Crippen molar-refractivity contribution in [2.75, 3.05) is 31.1 Å². The van der Waals surface area contributed by atoms with Gasteiger partial charge in [0.2, 0.25) is 0 Å². The molecule has 0 saturated carbocycles. The Bertz CT molecular complexity index is 722. The summed E-state index contributed by atoms with van der Waals surface area (Å²) >= 11 is 0. The van der Waals surface area contributed by atoms with Crippen molar-refractivity contribution in [1.29, 1.82) is 0 Å². The van der Waals surface area contributed by atoms with E-state index in [0.717, 1.165) is 30.1 Å².